The minimum Gasteiger partial charge on any atom is -0.459 e. The standard InChI is InChI=1S/C41H76N2O12/c1-16-18-43-22-23(3)20-40(10,50-15)36(55-38-32(44)29(42(12)13)19-24(4)51-38)25(5)33(54-31-21-39(9,49-14)35(46)28(8)52-31)26(6)37(47)53-30(17-2)41(11,48)34(45)27(43)7/h16,23-36,38,44-46,48H,1,17-22H2,2-15H3/t23-,24-,25+,26-,27-,28+,29+,30-,31+,32-,33+,34-,35+,36-,38+,39-,40-,41-/m1/s1. The van der Waals surface area contributed by atoms with E-state index in [0.29, 0.717) is 25.9 Å². The van der Waals surface area contributed by atoms with Crippen molar-refractivity contribution in [2.75, 3.05) is 41.4 Å². The Morgan fingerprint density at radius 2 is 1.56 bits per heavy atom. The monoisotopic (exact) mass is 789 g/mol. The number of rotatable bonds is 10. The number of hydrogen-bond donors (Lipinski definition) is 4. The van der Waals surface area contributed by atoms with Crippen LogP contribution in [-0.2, 0) is 38.0 Å². The molecule has 0 unspecified atom stereocenters. The highest BCUT2D eigenvalue weighted by Gasteiger charge is 2.53. The molecule has 18 atom stereocenters. The summed E-state index contributed by atoms with van der Waals surface area (Å²) in [4.78, 5) is 18.4. The van der Waals surface area contributed by atoms with Gasteiger partial charge in [-0.2, -0.15) is 0 Å². The smallest absolute Gasteiger partial charge is 0.311 e. The van der Waals surface area contributed by atoms with Crippen molar-refractivity contribution in [2.45, 2.75) is 185 Å². The number of cyclic esters (lactones) is 1. The van der Waals surface area contributed by atoms with E-state index in [9.17, 15) is 25.2 Å². The average molecular weight is 789 g/mol. The van der Waals surface area contributed by atoms with Gasteiger partial charge in [-0.1, -0.05) is 26.8 Å². The lowest BCUT2D eigenvalue weighted by atomic mass is 9.77. The summed E-state index contributed by atoms with van der Waals surface area (Å²) < 4.78 is 44.7. The van der Waals surface area contributed by atoms with Gasteiger partial charge in [0.25, 0.3) is 0 Å². The van der Waals surface area contributed by atoms with Gasteiger partial charge in [0.2, 0.25) is 0 Å². The third kappa shape index (κ3) is 10.9. The number of aliphatic hydroxyl groups excluding tert-OH is 3. The Labute approximate surface area is 330 Å². The molecule has 0 spiro atoms. The normalized spacial score (nSPS) is 47.5. The highest BCUT2D eigenvalue weighted by atomic mass is 16.7. The van der Waals surface area contributed by atoms with Crippen LogP contribution in [0.5, 0.6) is 0 Å². The summed E-state index contributed by atoms with van der Waals surface area (Å²) in [5.41, 5.74) is -3.86. The van der Waals surface area contributed by atoms with E-state index < -0.39 is 96.0 Å². The summed E-state index contributed by atoms with van der Waals surface area (Å²) in [7, 11) is 6.98. The van der Waals surface area contributed by atoms with Gasteiger partial charge in [-0.3, -0.25) is 9.69 Å². The molecule has 55 heavy (non-hydrogen) atoms. The highest BCUT2D eigenvalue weighted by Crippen LogP contribution is 2.41. The Balaban J connectivity index is 2.24. The molecule has 0 amide bonds. The van der Waals surface area contributed by atoms with Crippen molar-refractivity contribution >= 4 is 5.97 Å². The minimum atomic E-state index is -1.81. The van der Waals surface area contributed by atoms with Gasteiger partial charge in [-0.15, -0.1) is 6.58 Å². The van der Waals surface area contributed by atoms with Crippen LogP contribution in [0.15, 0.2) is 12.7 Å². The van der Waals surface area contributed by atoms with E-state index in [2.05, 4.69) is 18.4 Å². The second kappa shape index (κ2) is 19.7. The van der Waals surface area contributed by atoms with E-state index >= 15 is 0 Å². The van der Waals surface area contributed by atoms with Crippen LogP contribution >= 0.6 is 0 Å². The molecule has 3 saturated heterocycles. The molecular weight excluding hydrogens is 712 g/mol. The van der Waals surface area contributed by atoms with Crippen LogP contribution in [0, 0.1) is 17.8 Å². The first kappa shape index (κ1) is 48.1. The molecule has 0 aromatic rings. The summed E-state index contributed by atoms with van der Waals surface area (Å²) in [5, 5.41) is 46.3. The molecule has 0 aliphatic carbocycles. The summed E-state index contributed by atoms with van der Waals surface area (Å²) in [6, 6.07) is -0.790. The van der Waals surface area contributed by atoms with E-state index in [0.717, 1.165) is 0 Å². The van der Waals surface area contributed by atoms with Crippen LogP contribution < -0.4 is 0 Å². The highest BCUT2D eigenvalue weighted by molar-refractivity contribution is 5.73. The maximum Gasteiger partial charge on any atom is 0.311 e. The second-order valence-electron chi connectivity index (χ2n) is 17.6. The van der Waals surface area contributed by atoms with Gasteiger partial charge in [-0.25, -0.2) is 0 Å². The lowest BCUT2D eigenvalue weighted by Crippen LogP contribution is -2.61. The molecule has 4 N–H and O–H groups in total. The molecule has 0 saturated carbocycles. The molecular formula is C41H76N2O12. The first-order chi connectivity index (χ1) is 25.5. The number of carbonyl (C=O) groups excluding carboxylic acids is 1. The van der Waals surface area contributed by atoms with E-state index in [4.69, 9.17) is 33.2 Å². The number of aliphatic hydroxyl groups is 4. The molecule has 3 rings (SSSR count). The number of methoxy groups -OCH3 is 2. The van der Waals surface area contributed by atoms with Crippen LogP contribution in [0.2, 0.25) is 0 Å². The molecule has 0 radical (unpaired) electrons. The van der Waals surface area contributed by atoms with Gasteiger partial charge in [0.1, 0.15) is 30.0 Å². The van der Waals surface area contributed by atoms with Crippen molar-refractivity contribution < 1.29 is 58.4 Å². The number of ether oxygens (including phenoxy) is 7. The summed E-state index contributed by atoms with van der Waals surface area (Å²) >= 11 is 0. The second-order valence-corrected chi connectivity index (χ2v) is 17.6. The topological polar surface area (TPSA) is 169 Å². The Hall–Kier alpha value is -1.27. The van der Waals surface area contributed by atoms with E-state index in [-0.39, 0.29) is 30.9 Å². The zero-order valence-electron chi connectivity index (χ0n) is 36.1. The summed E-state index contributed by atoms with van der Waals surface area (Å²) in [6.07, 6.45) is -5.68. The lowest BCUT2D eigenvalue weighted by molar-refractivity contribution is -0.319. The van der Waals surface area contributed by atoms with Crippen LogP contribution in [0.1, 0.15) is 94.9 Å². The Kier molecular flexibility index (Phi) is 17.2. The SMILES string of the molecule is C=CCN1C[C@H](C)C[C@@](C)(OC)[C@H](O[C@@H]2O[C@H](C)C[C@H](N(C)C)[C@H]2O)[C@@H](C)[C@H](O[C@H]2C[C@@](C)(OC)[C@@H](O)[C@H](C)O2)[C@@H](C)C(=O)O[C@H](CC)[C@@](C)(O)[C@H](O)[C@H]1C. The molecule has 14 heteroatoms. The maximum atomic E-state index is 14.4. The number of esters is 1. The van der Waals surface area contributed by atoms with Gasteiger partial charge < -0.3 is 58.5 Å². The molecule has 3 fully saturated rings. The molecule has 0 aromatic carbocycles. The van der Waals surface area contributed by atoms with Crippen molar-refractivity contribution in [3.05, 3.63) is 12.7 Å². The molecule has 14 nitrogen and oxygen atoms in total. The summed E-state index contributed by atoms with van der Waals surface area (Å²) in [6.45, 7) is 23.2. The van der Waals surface area contributed by atoms with Crippen molar-refractivity contribution in [3.8, 4) is 0 Å². The molecule has 3 aliphatic heterocycles. The molecule has 3 aliphatic rings. The fraction of sp³-hybridized carbons (Fsp3) is 0.927. The molecule has 0 bridgehead atoms. The zero-order valence-corrected chi connectivity index (χ0v) is 36.1. The Bertz CT molecular complexity index is 1230. The average Bonchev–Trinajstić information content (AvgIpc) is 3.12. The van der Waals surface area contributed by atoms with Gasteiger partial charge >= 0.3 is 5.97 Å². The first-order valence-corrected chi connectivity index (χ1v) is 20.2. The first-order valence-electron chi connectivity index (χ1n) is 20.2. The van der Waals surface area contributed by atoms with Gasteiger partial charge in [0.05, 0.1) is 41.5 Å². The van der Waals surface area contributed by atoms with E-state index in [1.54, 1.807) is 40.9 Å². The van der Waals surface area contributed by atoms with Gasteiger partial charge in [0.15, 0.2) is 12.6 Å². The third-order valence-corrected chi connectivity index (χ3v) is 12.8. The molecule has 3 heterocycles. The maximum absolute atomic E-state index is 14.4. The van der Waals surface area contributed by atoms with Crippen LogP contribution in [0.3, 0.4) is 0 Å². The largest absolute Gasteiger partial charge is 0.459 e. The van der Waals surface area contributed by atoms with E-state index in [1.165, 1.54) is 14.0 Å². The fourth-order valence-corrected chi connectivity index (χ4v) is 9.18. The summed E-state index contributed by atoms with van der Waals surface area (Å²) in [5.74, 6) is -2.31. The third-order valence-electron chi connectivity index (χ3n) is 12.8. The van der Waals surface area contributed by atoms with Crippen molar-refractivity contribution in [1.29, 1.82) is 0 Å². The molecule has 322 valence electrons. The van der Waals surface area contributed by atoms with Gasteiger partial charge in [0, 0.05) is 51.7 Å². The number of hydrogen-bond acceptors (Lipinski definition) is 14. The zero-order chi connectivity index (χ0) is 41.8. The minimum absolute atomic E-state index is 0.0540. The van der Waals surface area contributed by atoms with Crippen molar-refractivity contribution in [1.82, 2.24) is 9.80 Å². The van der Waals surface area contributed by atoms with Crippen molar-refractivity contribution in [3.63, 3.8) is 0 Å². The van der Waals surface area contributed by atoms with Gasteiger partial charge in [-0.05, 0) is 87.7 Å². The van der Waals surface area contributed by atoms with Crippen LogP contribution in [0.25, 0.3) is 0 Å². The Morgan fingerprint density at radius 3 is 2.11 bits per heavy atom. The Morgan fingerprint density at radius 1 is 0.945 bits per heavy atom. The quantitative estimate of drug-likeness (QED) is 0.188. The predicted octanol–water partition coefficient (Wildman–Crippen LogP) is 3.11. The van der Waals surface area contributed by atoms with Crippen LogP contribution in [0.4, 0.5) is 0 Å². The number of nitrogens with zero attached hydrogens (tertiary/aromatic N) is 2. The number of likely N-dealkylation sites (N-methyl/N-ethyl adjacent to an activating group) is 1. The fourth-order valence-electron chi connectivity index (χ4n) is 9.18. The lowest BCUT2D eigenvalue weighted by Gasteiger charge is -2.49. The molecule has 0 aromatic heterocycles. The van der Waals surface area contributed by atoms with Crippen LogP contribution in [-0.4, -0.2) is 168 Å². The van der Waals surface area contributed by atoms with E-state index in [1.807, 2.05) is 46.7 Å². The van der Waals surface area contributed by atoms with Crippen molar-refractivity contribution in [2.24, 2.45) is 17.8 Å². The predicted molar refractivity (Wildman–Crippen MR) is 208 cm³/mol. The number of carbonyl (C=O) groups is 1.